The summed E-state index contributed by atoms with van der Waals surface area (Å²) in [6.45, 7) is -0.723. The molecule has 0 saturated heterocycles. The quantitative estimate of drug-likeness (QED) is 0.494. The van der Waals surface area contributed by atoms with Crippen LogP contribution in [0.25, 0.3) is 28.2 Å². The second-order valence-corrected chi connectivity index (χ2v) is 5.82. The minimum absolute atomic E-state index is 0.362. The van der Waals surface area contributed by atoms with Crippen LogP contribution in [0, 0.1) is 5.82 Å². The Kier molecular flexibility index (Phi) is 5.30. The number of primary amides is 1. The Labute approximate surface area is 156 Å². The molecular formula is C18H14F4N4O2. The fraction of sp³-hybridized carbons (Fsp3) is 0.167. The average molecular weight is 394 g/mol. The molecule has 0 aromatic carbocycles. The summed E-state index contributed by atoms with van der Waals surface area (Å²) in [5, 5.41) is 0.668. The number of amides is 1. The molecule has 146 valence electrons. The highest BCUT2D eigenvalue weighted by Crippen LogP contribution is 2.28. The number of aromatic nitrogens is 3. The summed E-state index contributed by atoms with van der Waals surface area (Å²) >= 11 is 0. The van der Waals surface area contributed by atoms with Crippen molar-refractivity contribution in [2.45, 2.75) is 12.6 Å². The maximum atomic E-state index is 14.1. The Hall–Kier alpha value is -3.43. The van der Waals surface area contributed by atoms with Gasteiger partial charge >= 0.3 is 6.18 Å². The molecule has 0 aliphatic rings. The molecule has 0 spiro atoms. The average Bonchev–Trinajstić information content (AvgIpc) is 3.02. The van der Waals surface area contributed by atoms with Crippen molar-refractivity contribution in [1.82, 2.24) is 15.0 Å². The SMILES string of the molecule is NC(=O)C=Cc1c[nH]c2ncc(-c3cnc(OCCC(F)(F)F)c(F)c3)cc12. The standard InChI is InChI=1S/C18H14F4N4O2/c19-14-6-12(9-26-17(14)28-4-3-18(20,21)22)11-5-13-10(1-2-15(23)27)7-24-16(13)25-8-11/h1-2,5-9H,3-4H2,(H2,23,27)(H,24,25). The molecule has 3 rings (SSSR count). The van der Waals surface area contributed by atoms with Crippen LogP contribution in [0.5, 0.6) is 5.88 Å². The predicted molar refractivity (Wildman–Crippen MR) is 93.7 cm³/mol. The van der Waals surface area contributed by atoms with Gasteiger partial charge in [0.1, 0.15) is 5.65 Å². The molecular weight excluding hydrogens is 380 g/mol. The predicted octanol–water partition coefficient (Wildman–Crippen LogP) is 3.59. The molecule has 0 saturated carbocycles. The van der Waals surface area contributed by atoms with Gasteiger partial charge in [-0.2, -0.15) is 13.2 Å². The molecule has 1 amide bonds. The molecule has 3 aromatic heterocycles. The lowest BCUT2D eigenvalue weighted by molar-refractivity contribution is -0.139. The number of fused-ring (bicyclic) bond motifs is 1. The van der Waals surface area contributed by atoms with Crippen LogP contribution in [0.2, 0.25) is 0 Å². The van der Waals surface area contributed by atoms with E-state index in [0.717, 1.165) is 6.07 Å². The Morgan fingerprint density at radius 1 is 1.21 bits per heavy atom. The van der Waals surface area contributed by atoms with Crippen LogP contribution in [0.3, 0.4) is 0 Å². The molecule has 28 heavy (non-hydrogen) atoms. The fourth-order valence-corrected chi connectivity index (χ4v) is 2.44. The van der Waals surface area contributed by atoms with Gasteiger partial charge in [-0.25, -0.2) is 14.4 Å². The highest BCUT2D eigenvalue weighted by molar-refractivity contribution is 5.95. The molecule has 6 nitrogen and oxygen atoms in total. The first-order chi connectivity index (χ1) is 13.2. The van der Waals surface area contributed by atoms with E-state index in [2.05, 4.69) is 15.0 Å². The first-order valence-corrected chi connectivity index (χ1v) is 8.03. The van der Waals surface area contributed by atoms with Gasteiger partial charge in [-0.15, -0.1) is 0 Å². The zero-order valence-electron chi connectivity index (χ0n) is 14.3. The number of hydrogen-bond acceptors (Lipinski definition) is 4. The molecule has 0 radical (unpaired) electrons. The van der Waals surface area contributed by atoms with Crippen molar-refractivity contribution in [2.24, 2.45) is 5.73 Å². The normalized spacial score (nSPS) is 12.0. The van der Waals surface area contributed by atoms with Gasteiger partial charge in [0.25, 0.3) is 0 Å². The third kappa shape index (κ3) is 4.64. The lowest BCUT2D eigenvalue weighted by atomic mass is 10.1. The number of rotatable bonds is 6. The van der Waals surface area contributed by atoms with Gasteiger partial charge in [-0.05, 0) is 18.2 Å². The first-order valence-electron chi connectivity index (χ1n) is 8.03. The third-order valence-electron chi connectivity index (χ3n) is 3.76. The van der Waals surface area contributed by atoms with Gasteiger partial charge in [0.15, 0.2) is 5.82 Å². The van der Waals surface area contributed by atoms with E-state index in [0.29, 0.717) is 27.7 Å². The summed E-state index contributed by atoms with van der Waals surface area (Å²) in [5.41, 5.74) is 7.18. The van der Waals surface area contributed by atoms with E-state index in [4.69, 9.17) is 10.5 Å². The molecule has 0 fully saturated rings. The van der Waals surface area contributed by atoms with Gasteiger partial charge in [0.05, 0.1) is 13.0 Å². The summed E-state index contributed by atoms with van der Waals surface area (Å²) in [6.07, 6.45) is 1.52. The highest BCUT2D eigenvalue weighted by Gasteiger charge is 2.27. The Bertz CT molecular complexity index is 1040. The Morgan fingerprint density at radius 3 is 2.61 bits per heavy atom. The maximum absolute atomic E-state index is 14.1. The fourth-order valence-electron chi connectivity index (χ4n) is 2.44. The van der Waals surface area contributed by atoms with Crippen LogP contribution in [0.4, 0.5) is 17.6 Å². The number of H-pyrrole nitrogens is 1. The van der Waals surface area contributed by atoms with Crippen molar-refractivity contribution in [3.8, 4) is 17.0 Å². The van der Waals surface area contributed by atoms with E-state index in [1.165, 1.54) is 24.5 Å². The number of aromatic amines is 1. The number of carbonyl (C=O) groups excluding carboxylic acids is 1. The summed E-state index contributed by atoms with van der Waals surface area (Å²) in [6, 6.07) is 2.81. The van der Waals surface area contributed by atoms with Crippen LogP contribution < -0.4 is 10.5 Å². The molecule has 10 heteroatoms. The molecule has 0 aliphatic heterocycles. The monoisotopic (exact) mass is 394 g/mol. The number of nitrogens with zero attached hydrogens (tertiary/aromatic N) is 2. The molecule has 3 aromatic rings. The number of halogens is 4. The van der Waals surface area contributed by atoms with Crippen molar-refractivity contribution in [3.63, 3.8) is 0 Å². The van der Waals surface area contributed by atoms with Gasteiger partial charge in [-0.1, -0.05) is 0 Å². The van der Waals surface area contributed by atoms with Gasteiger partial charge in [-0.3, -0.25) is 4.79 Å². The topological polar surface area (TPSA) is 93.9 Å². The Morgan fingerprint density at radius 2 is 1.93 bits per heavy atom. The summed E-state index contributed by atoms with van der Waals surface area (Å²) < 4.78 is 55.3. The smallest absolute Gasteiger partial charge is 0.392 e. The second kappa shape index (κ2) is 7.67. The zero-order valence-corrected chi connectivity index (χ0v) is 14.3. The van der Waals surface area contributed by atoms with Gasteiger partial charge < -0.3 is 15.5 Å². The molecule has 3 heterocycles. The van der Waals surface area contributed by atoms with Crippen LogP contribution in [-0.4, -0.2) is 33.6 Å². The van der Waals surface area contributed by atoms with Crippen molar-refractivity contribution >= 4 is 23.0 Å². The van der Waals surface area contributed by atoms with E-state index in [-0.39, 0.29) is 0 Å². The number of hydrogen-bond donors (Lipinski definition) is 2. The number of carbonyl (C=O) groups is 1. The van der Waals surface area contributed by atoms with E-state index in [1.54, 1.807) is 12.3 Å². The molecule has 3 N–H and O–H groups in total. The van der Waals surface area contributed by atoms with Crippen LogP contribution in [0.1, 0.15) is 12.0 Å². The number of nitrogens with one attached hydrogen (secondary N) is 1. The van der Waals surface area contributed by atoms with Crippen molar-refractivity contribution in [1.29, 1.82) is 0 Å². The van der Waals surface area contributed by atoms with E-state index in [1.807, 2.05) is 0 Å². The number of pyridine rings is 2. The molecule has 0 aliphatic carbocycles. The molecule has 0 atom stereocenters. The minimum Gasteiger partial charge on any atom is -0.475 e. The number of nitrogens with two attached hydrogens (primary N) is 1. The van der Waals surface area contributed by atoms with Crippen molar-refractivity contribution in [2.75, 3.05) is 6.61 Å². The highest BCUT2D eigenvalue weighted by atomic mass is 19.4. The zero-order chi connectivity index (χ0) is 20.3. The lowest BCUT2D eigenvalue weighted by Crippen LogP contribution is -2.13. The summed E-state index contributed by atoms with van der Waals surface area (Å²) in [7, 11) is 0. The number of alkyl halides is 3. The Balaban J connectivity index is 1.85. The largest absolute Gasteiger partial charge is 0.475 e. The number of ether oxygens (including phenoxy) is 1. The van der Waals surface area contributed by atoms with Gasteiger partial charge in [0.2, 0.25) is 11.8 Å². The van der Waals surface area contributed by atoms with Crippen LogP contribution >= 0.6 is 0 Å². The van der Waals surface area contributed by atoms with Gasteiger partial charge in [0, 0.05) is 46.7 Å². The molecule has 0 bridgehead atoms. The van der Waals surface area contributed by atoms with Crippen molar-refractivity contribution < 1.29 is 27.1 Å². The first kappa shape index (κ1) is 19.3. The van der Waals surface area contributed by atoms with E-state index >= 15 is 0 Å². The molecule has 0 unspecified atom stereocenters. The summed E-state index contributed by atoms with van der Waals surface area (Å²) in [4.78, 5) is 21.8. The van der Waals surface area contributed by atoms with E-state index < -0.39 is 36.8 Å². The lowest BCUT2D eigenvalue weighted by Gasteiger charge is -2.09. The third-order valence-corrected chi connectivity index (χ3v) is 3.76. The van der Waals surface area contributed by atoms with Crippen LogP contribution in [-0.2, 0) is 4.79 Å². The summed E-state index contributed by atoms with van der Waals surface area (Å²) in [5.74, 6) is -2.00. The van der Waals surface area contributed by atoms with E-state index in [9.17, 15) is 22.4 Å². The maximum Gasteiger partial charge on any atom is 0.392 e. The minimum atomic E-state index is -4.39. The second-order valence-electron chi connectivity index (χ2n) is 5.82. The van der Waals surface area contributed by atoms with Crippen LogP contribution in [0.15, 0.2) is 36.8 Å². The van der Waals surface area contributed by atoms with Crippen molar-refractivity contribution in [3.05, 3.63) is 48.2 Å².